The molecule has 1 aromatic rings. The maximum atomic E-state index is 12.3. The van der Waals surface area contributed by atoms with Gasteiger partial charge in [0.2, 0.25) is 0 Å². The van der Waals surface area contributed by atoms with Crippen molar-refractivity contribution in [3.63, 3.8) is 0 Å². The van der Waals surface area contributed by atoms with Gasteiger partial charge in [-0.3, -0.25) is 4.68 Å². The first-order valence-corrected chi connectivity index (χ1v) is 8.46. The fraction of sp³-hybridized carbons (Fsp3) is 0.765. The van der Waals surface area contributed by atoms with Crippen molar-refractivity contribution in [2.45, 2.75) is 71.2 Å². The lowest BCUT2D eigenvalue weighted by Crippen LogP contribution is -2.42. The molecule has 1 amide bonds. The van der Waals surface area contributed by atoms with Crippen LogP contribution in [0.5, 0.6) is 0 Å². The summed E-state index contributed by atoms with van der Waals surface area (Å²) in [5, 5.41) is 7.70. The number of ether oxygens (including phenoxy) is 1. The summed E-state index contributed by atoms with van der Waals surface area (Å²) in [7, 11) is 1.95. The molecule has 0 spiro atoms. The fourth-order valence-corrected chi connectivity index (χ4v) is 2.99. The Morgan fingerprint density at radius 1 is 1.52 bits per heavy atom. The molecule has 1 saturated heterocycles. The van der Waals surface area contributed by atoms with Crippen LogP contribution in [0.3, 0.4) is 0 Å². The maximum Gasteiger partial charge on any atom is 0.410 e. The minimum Gasteiger partial charge on any atom is -0.444 e. The van der Waals surface area contributed by atoms with Gasteiger partial charge in [-0.05, 0) is 53.0 Å². The molecule has 1 N–H and O–H groups in total. The zero-order chi connectivity index (χ0) is 17.0. The van der Waals surface area contributed by atoms with Crippen LogP contribution in [0.25, 0.3) is 0 Å². The molecule has 1 fully saturated rings. The average Bonchev–Trinajstić information content (AvgIpc) is 3.03. The van der Waals surface area contributed by atoms with Gasteiger partial charge in [0.25, 0.3) is 0 Å². The SMILES string of the molecule is CC(CC1CCCN1C(=O)OC(C)(C)C)NCc1ccnn1C. The van der Waals surface area contributed by atoms with Crippen LogP contribution in [-0.2, 0) is 18.3 Å². The van der Waals surface area contributed by atoms with E-state index < -0.39 is 5.60 Å². The molecule has 2 heterocycles. The Morgan fingerprint density at radius 2 is 2.26 bits per heavy atom. The van der Waals surface area contributed by atoms with Gasteiger partial charge in [0.1, 0.15) is 5.60 Å². The number of hydrogen-bond acceptors (Lipinski definition) is 4. The quantitative estimate of drug-likeness (QED) is 0.905. The van der Waals surface area contributed by atoms with Gasteiger partial charge < -0.3 is 15.0 Å². The van der Waals surface area contributed by atoms with Crippen molar-refractivity contribution in [2.75, 3.05) is 6.54 Å². The standard InChI is InChI=1S/C17H30N4O2/c1-13(18-12-15-8-9-19-20(15)5)11-14-7-6-10-21(14)16(22)23-17(2,3)4/h8-9,13-14,18H,6-7,10-12H2,1-5H3. The molecule has 6 nitrogen and oxygen atoms in total. The number of aryl methyl sites for hydroxylation is 1. The molecule has 1 aromatic heterocycles. The van der Waals surface area contributed by atoms with Gasteiger partial charge in [-0.15, -0.1) is 0 Å². The van der Waals surface area contributed by atoms with E-state index >= 15 is 0 Å². The van der Waals surface area contributed by atoms with E-state index in [0.717, 1.165) is 38.0 Å². The molecule has 0 aliphatic carbocycles. The van der Waals surface area contributed by atoms with Crippen molar-refractivity contribution < 1.29 is 9.53 Å². The van der Waals surface area contributed by atoms with Gasteiger partial charge >= 0.3 is 6.09 Å². The van der Waals surface area contributed by atoms with Crippen LogP contribution in [0.4, 0.5) is 4.79 Å². The number of rotatable bonds is 5. The van der Waals surface area contributed by atoms with Crippen LogP contribution >= 0.6 is 0 Å². The van der Waals surface area contributed by atoms with Crippen LogP contribution < -0.4 is 5.32 Å². The molecule has 2 rings (SSSR count). The van der Waals surface area contributed by atoms with Crippen LogP contribution in [-0.4, -0.2) is 45.0 Å². The summed E-state index contributed by atoms with van der Waals surface area (Å²) in [4.78, 5) is 14.2. The molecule has 130 valence electrons. The van der Waals surface area contributed by atoms with Gasteiger partial charge in [-0.1, -0.05) is 0 Å². The minimum absolute atomic E-state index is 0.182. The van der Waals surface area contributed by atoms with E-state index in [0.29, 0.717) is 6.04 Å². The van der Waals surface area contributed by atoms with Gasteiger partial charge in [0.05, 0.1) is 5.69 Å². The van der Waals surface area contributed by atoms with E-state index in [1.54, 1.807) is 0 Å². The first-order chi connectivity index (χ1) is 10.8. The van der Waals surface area contributed by atoms with E-state index in [2.05, 4.69) is 17.3 Å². The second-order valence-electron chi connectivity index (χ2n) is 7.43. The van der Waals surface area contributed by atoms with E-state index in [1.165, 1.54) is 0 Å². The predicted octanol–water partition coefficient (Wildman–Crippen LogP) is 2.69. The van der Waals surface area contributed by atoms with Gasteiger partial charge in [0, 0.05) is 38.4 Å². The number of hydrogen-bond donors (Lipinski definition) is 1. The molecule has 0 bridgehead atoms. The molecule has 0 radical (unpaired) electrons. The Morgan fingerprint density at radius 3 is 2.87 bits per heavy atom. The summed E-state index contributed by atoms with van der Waals surface area (Å²) in [5.74, 6) is 0. The monoisotopic (exact) mass is 322 g/mol. The van der Waals surface area contributed by atoms with Crippen molar-refractivity contribution in [3.05, 3.63) is 18.0 Å². The Balaban J connectivity index is 1.83. The molecule has 2 unspecified atom stereocenters. The second kappa shape index (κ2) is 7.34. The third kappa shape index (κ3) is 5.23. The predicted molar refractivity (Wildman–Crippen MR) is 90.1 cm³/mol. The molecule has 0 saturated carbocycles. The number of carbonyl (C=O) groups excluding carboxylic acids is 1. The highest BCUT2D eigenvalue weighted by molar-refractivity contribution is 5.68. The lowest BCUT2D eigenvalue weighted by Gasteiger charge is -2.30. The molecule has 23 heavy (non-hydrogen) atoms. The summed E-state index contributed by atoms with van der Waals surface area (Å²) >= 11 is 0. The lowest BCUT2D eigenvalue weighted by molar-refractivity contribution is 0.0214. The highest BCUT2D eigenvalue weighted by atomic mass is 16.6. The number of nitrogens with zero attached hydrogens (tertiary/aromatic N) is 3. The topological polar surface area (TPSA) is 59.4 Å². The summed E-state index contributed by atoms with van der Waals surface area (Å²) in [6.45, 7) is 9.49. The summed E-state index contributed by atoms with van der Waals surface area (Å²) in [6, 6.07) is 2.61. The van der Waals surface area contributed by atoms with Crippen molar-refractivity contribution in [1.29, 1.82) is 0 Å². The average molecular weight is 322 g/mol. The molecular weight excluding hydrogens is 292 g/mol. The molecule has 1 aliphatic rings. The fourth-order valence-electron chi connectivity index (χ4n) is 2.99. The first-order valence-electron chi connectivity index (χ1n) is 8.46. The zero-order valence-electron chi connectivity index (χ0n) is 15.0. The van der Waals surface area contributed by atoms with Crippen molar-refractivity contribution >= 4 is 6.09 Å². The number of carbonyl (C=O) groups is 1. The van der Waals surface area contributed by atoms with Crippen molar-refractivity contribution in [3.8, 4) is 0 Å². The Hall–Kier alpha value is -1.56. The number of nitrogens with one attached hydrogen (secondary N) is 1. The lowest BCUT2D eigenvalue weighted by atomic mass is 10.1. The summed E-state index contributed by atoms with van der Waals surface area (Å²) in [5.41, 5.74) is 0.723. The minimum atomic E-state index is -0.437. The largest absolute Gasteiger partial charge is 0.444 e. The highest BCUT2D eigenvalue weighted by Crippen LogP contribution is 2.24. The molecule has 1 aliphatic heterocycles. The molecule has 0 aromatic carbocycles. The summed E-state index contributed by atoms with van der Waals surface area (Å²) in [6.07, 6.45) is 4.67. The van der Waals surface area contributed by atoms with Crippen molar-refractivity contribution in [1.82, 2.24) is 20.0 Å². The van der Waals surface area contributed by atoms with Crippen LogP contribution in [0.2, 0.25) is 0 Å². The van der Waals surface area contributed by atoms with E-state index in [-0.39, 0.29) is 12.1 Å². The third-order valence-corrected chi connectivity index (χ3v) is 4.18. The van der Waals surface area contributed by atoms with E-state index in [1.807, 2.05) is 49.7 Å². The zero-order valence-corrected chi connectivity index (χ0v) is 15.0. The van der Waals surface area contributed by atoms with Crippen LogP contribution in [0.15, 0.2) is 12.3 Å². The molecule has 2 atom stereocenters. The van der Waals surface area contributed by atoms with Gasteiger partial charge in [-0.25, -0.2) is 4.79 Å². The second-order valence-corrected chi connectivity index (χ2v) is 7.43. The van der Waals surface area contributed by atoms with Gasteiger partial charge in [-0.2, -0.15) is 5.10 Å². The van der Waals surface area contributed by atoms with Crippen LogP contribution in [0, 0.1) is 0 Å². The maximum absolute atomic E-state index is 12.3. The third-order valence-electron chi connectivity index (χ3n) is 4.18. The van der Waals surface area contributed by atoms with Crippen LogP contribution in [0.1, 0.15) is 52.7 Å². The number of amides is 1. The van der Waals surface area contributed by atoms with Gasteiger partial charge in [0.15, 0.2) is 0 Å². The normalized spacial score (nSPS) is 19.9. The van der Waals surface area contributed by atoms with Crippen molar-refractivity contribution in [2.24, 2.45) is 7.05 Å². The summed E-state index contributed by atoms with van der Waals surface area (Å²) < 4.78 is 7.40. The molecular formula is C17H30N4O2. The smallest absolute Gasteiger partial charge is 0.410 e. The Kier molecular flexibility index (Phi) is 5.68. The number of likely N-dealkylation sites (tertiary alicyclic amines) is 1. The van der Waals surface area contributed by atoms with E-state index in [9.17, 15) is 4.79 Å². The molecule has 6 heteroatoms. The Bertz CT molecular complexity index is 521. The van der Waals surface area contributed by atoms with E-state index in [4.69, 9.17) is 4.74 Å². The number of aromatic nitrogens is 2. The Labute approximate surface area is 139 Å². The first kappa shape index (κ1) is 17.8. The highest BCUT2D eigenvalue weighted by Gasteiger charge is 2.32.